The van der Waals surface area contributed by atoms with Crippen LogP contribution in [0.1, 0.15) is 56.1 Å². The summed E-state index contributed by atoms with van der Waals surface area (Å²) in [6, 6.07) is 13.8. The maximum Gasteiger partial charge on any atom is 0.264 e. The summed E-state index contributed by atoms with van der Waals surface area (Å²) < 4.78 is 27.9. The third-order valence-corrected chi connectivity index (χ3v) is 7.24. The van der Waals surface area contributed by atoms with Crippen molar-refractivity contribution in [2.24, 2.45) is 5.10 Å². The van der Waals surface area contributed by atoms with Crippen LogP contribution in [0.2, 0.25) is 0 Å². The van der Waals surface area contributed by atoms with Gasteiger partial charge in [-0.15, -0.1) is 0 Å². The fourth-order valence-electron chi connectivity index (χ4n) is 3.67. The van der Waals surface area contributed by atoms with Crippen molar-refractivity contribution < 1.29 is 13.2 Å². The number of sulfonamides is 1. The zero-order chi connectivity index (χ0) is 22.3. The Balaban J connectivity index is 1.83. The molecule has 2 aromatic rings. The van der Waals surface area contributed by atoms with Gasteiger partial charge in [0.15, 0.2) is 0 Å². The molecule has 6 nitrogen and oxygen atoms in total. The Kier molecular flexibility index (Phi) is 7.85. The van der Waals surface area contributed by atoms with Crippen molar-refractivity contribution in [2.75, 3.05) is 10.8 Å². The van der Waals surface area contributed by atoms with Crippen LogP contribution < -0.4 is 9.73 Å². The number of anilines is 1. The van der Waals surface area contributed by atoms with Crippen molar-refractivity contribution in [3.8, 4) is 0 Å². The second-order valence-electron chi connectivity index (χ2n) is 8.14. The quantitative estimate of drug-likeness (QED) is 0.659. The molecule has 1 aliphatic rings. The first-order chi connectivity index (χ1) is 14.9. The Labute approximate surface area is 185 Å². The molecule has 0 heterocycles. The molecule has 1 saturated carbocycles. The molecule has 0 spiro atoms. The number of hydrogen-bond donors (Lipinski definition) is 1. The topological polar surface area (TPSA) is 78.8 Å². The number of rotatable bonds is 6. The van der Waals surface area contributed by atoms with Crippen molar-refractivity contribution in [2.45, 2.75) is 63.7 Å². The first kappa shape index (κ1) is 23.0. The van der Waals surface area contributed by atoms with E-state index in [1.165, 1.54) is 19.3 Å². The van der Waals surface area contributed by atoms with Crippen LogP contribution >= 0.6 is 0 Å². The van der Waals surface area contributed by atoms with Gasteiger partial charge in [0.2, 0.25) is 0 Å². The van der Waals surface area contributed by atoms with Crippen molar-refractivity contribution in [3.05, 3.63) is 59.7 Å². The van der Waals surface area contributed by atoms with E-state index >= 15 is 0 Å². The summed E-state index contributed by atoms with van der Waals surface area (Å²) in [6.07, 6.45) is 7.53. The predicted octanol–water partition coefficient (Wildman–Crippen LogP) is 4.72. The standard InChI is InChI=1S/C24H31N3O3S/c1-19-13-15-23(16-14-19)31(29,30)27(22-12-8-9-20(2)17-22)18-24(28)26-25-21-10-6-4-3-5-7-11-21/h8-9,12-17H,3-7,10-11,18H2,1-2H3,(H,26,28). The molecular weight excluding hydrogens is 410 g/mol. The summed E-state index contributed by atoms with van der Waals surface area (Å²) in [5.41, 5.74) is 5.91. The van der Waals surface area contributed by atoms with Crippen LogP contribution in [0.15, 0.2) is 58.5 Å². The zero-order valence-electron chi connectivity index (χ0n) is 18.3. The summed E-state index contributed by atoms with van der Waals surface area (Å²) in [6.45, 7) is 3.45. The summed E-state index contributed by atoms with van der Waals surface area (Å²) in [5, 5.41) is 4.31. The van der Waals surface area contributed by atoms with E-state index in [2.05, 4.69) is 10.5 Å². The Morgan fingerprint density at radius 2 is 1.58 bits per heavy atom. The molecule has 1 fully saturated rings. The fraction of sp³-hybridized carbons (Fsp3) is 0.417. The second kappa shape index (κ2) is 10.6. The van der Waals surface area contributed by atoms with Crippen molar-refractivity contribution in [1.29, 1.82) is 0 Å². The van der Waals surface area contributed by atoms with E-state index in [9.17, 15) is 13.2 Å². The highest BCUT2D eigenvalue weighted by atomic mass is 32.2. The highest BCUT2D eigenvalue weighted by Crippen LogP contribution is 2.24. The van der Waals surface area contributed by atoms with Crippen LogP contribution in [0.4, 0.5) is 5.69 Å². The highest BCUT2D eigenvalue weighted by Gasteiger charge is 2.27. The number of benzene rings is 2. The van der Waals surface area contributed by atoms with Gasteiger partial charge in [-0.25, -0.2) is 13.8 Å². The Hall–Kier alpha value is -2.67. The van der Waals surface area contributed by atoms with Crippen molar-refractivity contribution in [3.63, 3.8) is 0 Å². The molecule has 2 aromatic carbocycles. The number of amides is 1. The lowest BCUT2D eigenvalue weighted by atomic mass is 9.99. The SMILES string of the molecule is Cc1ccc(S(=O)(=O)N(CC(=O)NN=C2CCCCCCC2)c2cccc(C)c2)cc1. The summed E-state index contributed by atoms with van der Waals surface area (Å²) in [4.78, 5) is 12.9. The Bertz CT molecular complexity index is 1020. The maximum absolute atomic E-state index is 13.4. The summed E-state index contributed by atoms with van der Waals surface area (Å²) >= 11 is 0. The number of aryl methyl sites for hydroxylation is 2. The van der Waals surface area contributed by atoms with E-state index in [0.29, 0.717) is 5.69 Å². The molecule has 0 aromatic heterocycles. The largest absolute Gasteiger partial charge is 0.271 e. The van der Waals surface area contributed by atoms with Crippen molar-refractivity contribution >= 4 is 27.3 Å². The van der Waals surface area contributed by atoms with Gasteiger partial charge in [-0.05, 0) is 69.4 Å². The highest BCUT2D eigenvalue weighted by molar-refractivity contribution is 7.92. The zero-order valence-corrected chi connectivity index (χ0v) is 19.1. The van der Waals surface area contributed by atoms with Gasteiger partial charge in [-0.3, -0.25) is 9.10 Å². The van der Waals surface area contributed by atoms with E-state index in [-0.39, 0.29) is 11.4 Å². The molecule has 166 valence electrons. The van der Waals surface area contributed by atoms with E-state index in [4.69, 9.17) is 0 Å². The minimum absolute atomic E-state index is 0.152. The normalized spacial score (nSPS) is 15.0. The van der Waals surface area contributed by atoms with E-state index in [1.54, 1.807) is 42.5 Å². The summed E-state index contributed by atoms with van der Waals surface area (Å²) in [7, 11) is -3.91. The van der Waals surface area contributed by atoms with Gasteiger partial charge in [-0.1, -0.05) is 49.1 Å². The lowest BCUT2D eigenvalue weighted by Crippen LogP contribution is -2.39. The molecule has 1 aliphatic carbocycles. The number of carbonyl (C=O) groups excluding carboxylic acids is 1. The molecule has 31 heavy (non-hydrogen) atoms. The van der Waals surface area contributed by atoms with Crippen molar-refractivity contribution in [1.82, 2.24) is 5.43 Å². The fourth-order valence-corrected chi connectivity index (χ4v) is 5.08. The predicted molar refractivity (Wildman–Crippen MR) is 125 cm³/mol. The molecule has 0 saturated heterocycles. The molecule has 0 atom stereocenters. The number of carbonyl (C=O) groups is 1. The van der Waals surface area contributed by atoms with Gasteiger partial charge >= 0.3 is 0 Å². The van der Waals surface area contributed by atoms with Gasteiger partial charge in [0.25, 0.3) is 15.9 Å². The average molecular weight is 442 g/mol. The van der Waals surface area contributed by atoms with Gasteiger partial charge in [0.1, 0.15) is 6.54 Å². The van der Waals surface area contributed by atoms with Gasteiger partial charge in [-0.2, -0.15) is 5.10 Å². The van der Waals surface area contributed by atoms with Crippen LogP contribution in [0, 0.1) is 13.8 Å². The molecule has 0 aliphatic heterocycles. The smallest absolute Gasteiger partial charge is 0.264 e. The maximum atomic E-state index is 13.4. The number of nitrogens with zero attached hydrogens (tertiary/aromatic N) is 2. The first-order valence-corrected chi connectivity index (χ1v) is 12.3. The van der Waals surface area contributed by atoms with Crippen LogP contribution in [0.25, 0.3) is 0 Å². The molecule has 3 rings (SSSR count). The minimum Gasteiger partial charge on any atom is -0.271 e. The molecule has 7 heteroatoms. The first-order valence-electron chi connectivity index (χ1n) is 10.9. The molecule has 0 radical (unpaired) electrons. The van der Waals surface area contributed by atoms with E-state index in [0.717, 1.165) is 46.8 Å². The van der Waals surface area contributed by atoms with Gasteiger partial charge < -0.3 is 0 Å². The molecule has 0 unspecified atom stereocenters. The third-order valence-electron chi connectivity index (χ3n) is 5.46. The molecule has 0 bridgehead atoms. The van der Waals surface area contributed by atoms with Crippen LogP contribution in [-0.4, -0.2) is 26.6 Å². The third kappa shape index (κ3) is 6.40. The Morgan fingerprint density at radius 3 is 2.23 bits per heavy atom. The molecular formula is C24H31N3O3S. The van der Waals surface area contributed by atoms with Crippen LogP contribution in [0.3, 0.4) is 0 Å². The number of nitrogens with one attached hydrogen (secondary N) is 1. The van der Waals surface area contributed by atoms with Gasteiger partial charge in [0.05, 0.1) is 10.6 Å². The monoisotopic (exact) mass is 441 g/mol. The minimum atomic E-state index is -3.91. The van der Waals surface area contributed by atoms with Crippen LogP contribution in [-0.2, 0) is 14.8 Å². The number of hydrazone groups is 1. The lowest BCUT2D eigenvalue weighted by Gasteiger charge is -2.24. The average Bonchev–Trinajstić information content (AvgIpc) is 2.71. The number of hydrogen-bond acceptors (Lipinski definition) is 4. The van der Waals surface area contributed by atoms with Crippen LogP contribution in [0.5, 0.6) is 0 Å². The van der Waals surface area contributed by atoms with Gasteiger partial charge in [0, 0.05) is 5.71 Å². The lowest BCUT2D eigenvalue weighted by molar-refractivity contribution is -0.119. The van der Waals surface area contributed by atoms with E-state index in [1.807, 2.05) is 19.9 Å². The molecule has 1 amide bonds. The van der Waals surface area contributed by atoms with E-state index < -0.39 is 15.9 Å². The second-order valence-corrected chi connectivity index (χ2v) is 10.0. The molecule has 1 N–H and O–H groups in total. The summed E-state index contributed by atoms with van der Waals surface area (Å²) in [5.74, 6) is -0.452. The Morgan fingerprint density at radius 1 is 0.935 bits per heavy atom.